The number of nitrogens with zero attached hydrogens (tertiary/aromatic N) is 1. The number of carbonyl (C=O) groups is 3. The van der Waals surface area contributed by atoms with Crippen LogP contribution in [0.2, 0.25) is 0 Å². The number of hydrogen-bond donors (Lipinski definition) is 1. The number of Topliss-reactive ketones (excluding diaryl/α,β-unsaturated/α-hetero) is 2. The largest absolute Gasteiger partial charge is 0.493 e. The fourth-order valence-electron chi connectivity index (χ4n) is 7.40. The first-order valence-corrected chi connectivity index (χ1v) is 15.0. The topological polar surface area (TPSA) is 94.2 Å². The number of rotatable bonds is 9. The molecular weight excluding hydrogens is 580 g/mol. The summed E-state index contributed by atoms with van der Waals surface area (Å²) in [7, 11) is 3.03. The van der Waals surface area contributed by atoms with Gasteiger partial charge >= 0.3 is 0 Å². The summed E-state index contributed by atoms with van der Waals surface area (Å²) >= 11 is 0. The maximum atomic E-state index is 15.1. The Morgan fingerprint density at radius 1 is 0.891 bits per heavy atom. The van der Waals surface area contributed by atoms with Crippen LogP contribution in [0.25, 0.3) is 6.08 Å². The van der Waals surface area contributed by atoms with Gasteiger partial charge in [-0.15, -0.1) is 0 Å². The first-order chi connectivity index (χ1) is 22.4. The second-order valence-corrected chi connectivity index (χ2v) is 11.5. The Morgan fingerprint density at radius 3 is 2.46 bits per heavy atom. The lowest BCUT2D eigenvalue weighted by Gasteiger charge is -2.38. The Hall–Kier alpha value is -5.63. The third-order valence-corrected chi connectivity index (χ3v) is 9.28. The number of anilines is 1. The van der Waals surface area contributed by atoms with Gasteiger partial charge in [0.1, 0.15) is 23.8 Å². The maximum absolute atomic E-state index is 15.1. The fourth-order valence-corrected chi connectivity index (χ4v) is 7.40. The van der Waals surface area contributed by atoms with Gasteiger partial charge in [-0.1, -0.05) is 67.3 Å². The number of methoxy groups -OCH3 is 2. The van der Waals surface area contributed by atoms with E-state index in [0.29, 0.717) is 39.6 Å². The first kappa shape index (κ1) is 29.1. The molecule has 0 saturated carbocycles. The molecule has 4 aromatic carbocycles. The van der Waals surface area contributed by atoms with Crippen molar-refractivity contribution in [2.45, 2.75) is 17.5 Å². The molecule has 8 heteroatoms. The van der Waals surface area contributed by atoms with Gasteiger partial charge in [-0.2, -0.15) is 0 Å². The van der Waals surface area contributed by atoms with Crippen molar-refractivity contribution in [2.75, 3.05) is 26.1 Å². The summed E-state index contributed by atoms with van der Waals surface area (Å²) in [6.07, 6.45) is 5.41. The summed E-state index contributed by atoms with van der Waals surface area (Å²) in [6.45, 7) is 3.98. The van der Waals surface area contributed by atoms with Gasteiger partial charge in [0.25, 0.3) is 0 Å². The molecule has 1 N–H and O–H groups in total. The third kappa shape index (κ3) is 4.24. The number of nitrogens with one attached hydrogen (secondary N) is 1. The third-order valence-electron chi connectivity index (χ3n) is 9.28. The number of amides is 1. The molecule has 0 aliphatic carbocycles. The average molecular weight is 613 g/mol. The van der Waals surface area contributed by atoms with Crippen LogP contribution >= 0.6 is 0 Å². The van der Waals surface area contributed by atoms with Gasteiger partial charge in [-0.05, 0) is 59.2 Å². The van der Waals surface area contributed by atoms with Gasteiger partial charge < -0.3 is 24.4 Å². The molecule has 0 radical (unpaired) electrons. The van der Waals surface area contributed by atoms with Crippen LogP contribution < -0.4 is 19.5 Å². The highest BCUT2D eigenvalue weighted by Gasteiger charge is 2.70. The summed E-state index contributed by atoms with van der Waals surface area (Å²) < 4.78 is 16.7. The highest BCUT2D eigenvalue weighted by Crippen LogP contribution is 2.62. The van der Waals surface area contributed by atoms with Crippen molar-refractivity contribution in [2.24, 2.45) is 5.92 Å². The van der Waals surface area contributed by atoms with Crippen molar-refractivity contribution in [1.82, 2.24) is 4.90 Å². The van der Waals surface area contributed by atoms with E-state index in [1.807, 2.05) is 65.7 Å². The molecule has 0 bridgehead atoms. The SMILES string of the molecule is C=CCOc1cccc(C(=O)[C@@H]2[C@H](C(=O)c3ccc(OC)c(OC)c3)N3C=Cc4ccccc4[C@H]3[C@]23C(=O)Nc2ccccc23)c1. The van der Waals surface area contributed by atoms with E-state index < -0.39 is 23.4 Å². The van der Waals surface area contributed by atoms with E-state index in [4.69, 9.17) is 14.2 Å². The monoisotopic (exact) mass is 612 g/mol. The van der Waals surface area contributed by atoms with E-state index in [0.717, 1.165) is 11.1 Å². The molecule has 1 saturated heterocycles. The number of benzene rings is 4. The Bertz CT molecular complexity index is 1930. The average Bonchev–Trinajstić information content (AvgIpc) is 3.58. The molecule has 3 aliphatic rings. The summed E-state index contributed by atoms with van der Waals surface area (Å²) in [5, 5.41) is 3.08. The van der Waals surface area contributed by atoms with Crippen molar-refractivity contribution in [3.05, 3.63) is 138 Å². The van der Waals surface area contributed by atoms with Gasteiger partial charge in [0.15, 0.2) is 23.1 Å². The number of para-hydroxylation sites is 1. The minimum Gasteiger partial charge on any atom is -0.493 e. The molecule has 0 aromatic heterocycles. The lowest BCUT2D eigenvalue weighted by Crippen LogP contribution is -2.49. The van der Waals surface area contributed by atoms with E-state index in [9.17, 15) is 9.59 Å². The molecule has 4 aromatic rings. The molecule has 7 rings (SSSR count). The summed E-state index contributed by atoms with van der Waals surface area (Å²) in [5.41, 5.74) is 2.32. The Labute approximate surface area is 266 Å². The second-order valence-electron chi connectivity index (χ2n) is 11.5. The highest BCUT2D eigenvalue weighted by atomic mass is 16.5. The van der Waals surface area contributed by atoms with Gasteiger partial charge in [0, 0.05) is 23.0 Å². The lowest BCUT2D eigenvalue weighted by atomic mass is 9.62. The number of hydrogen-bond acceptors (Lipinski definition) is 7. The van der Waals surface area contributed by atoms with Crippen LogP contribution in [-0.4, -0.2) is 49.2 Å². The Kier molecular flexibility index (Phi) is 7.20. The second kappa shape index (κ2) is 11.4. The highest BCUT2D eigenvalue weighted by molar-refractivity contribution is 6.16. The molecule has 0 unspecified atom stereocenters. The Morgan fingerprint density at radius 2 is 1.65 bits per heavy atom. The van der Waals surface area contributed by atoms with Crippen LogP contribution in [0.1, 0.15) is 43.4 Å². The summed E-state index contributed by atoms with van der Waals surface area (Å²) in [5.74, 6) is -0.756. The van der Waals surface area contributed by atoms with E-state index in [2.05, 4.69) is 11.9 Å². The molecule has 1 fully saturated rings. The smallest absolute Gasteiger partial charge is 0.238 e. The van der Waals surface area contributed by atoms with Crippen molar-refractivity contribution >= 4 is 29.2 Å². The predicted molar refractivity (Wildman–Crippen MR) is 174 cm³/mol. The van der Waals surface area contributed by atoms with E-state index in [1.54, 1.807) is 48.5 Å². The molecule has 8 nitrogen and oxygen atoms in total. The van der Waals surface area contributed by atoms with Crippen molar-refractivity contribution in [1.29, 1.82) is 0 Å². The van der Waals surface area contributed by atoms with E-state index in [-0.39, 0.29) is 24.1 Å². The summed E-state index contributed by atoms with van der Waals surface area (Å²) in [6, 6.07) is 25.4. The predicted octanol–water partition coefficient (Wildman–Crippen LogP) is 6.25. The molecule has 4 atom stereocenters. The molecule has 3 heterocycles. The van der Waals surface area contributed by atoms with Crippen molar-refractivity contribution in [3.8, 4) is 17.2 Å². The molecule has 3 aliphatic heterocycles. The zero-order valence-electron chi connectivity index (χ0n) is 25.4. The quantitative estimate of drug-likeness (QED) is 0.176. The van der Waals surface area contributed by atoms with Crippen LogP contribution in [0.15, 0.2) is 110 Å². The van der Waals surface area contributed by atoms with Crippen LogP contribution in [0, 0.1) is 5.92 Å². The van der Waals surface area contributed by atoms with Crippen LogP contribution in [0.4, 0.5) is 5.69 Å². The lowest BCUT2D eigenvalue weighted by molar-refractivity contribution is -0.122. The minimum absolute atomic E-state index is 0.263. The fraction of sp³-hybridized carbons (Fsp3) is 0.184. The van der Waals surface area contributed by atoms with Gasteiger partial charge in [-0.3, -0.25) is 14.4 Å². The standard InChI is InChI=1S/C38H32N2O6/c1-4-20-46-26-12-9-11-24(21-26)34(41)32-33(35(42)25-16-17-30(44-2)31(22-25)45-3)40-19-18-23-10-5-6-13-27(23)36(40)38(32)28-14-7-8-15-29(28)39-37(38)43/h4-19,21-22,32-33,36H,1,20H2,2-3H3,(H,39,43)/t32-,33+,36-,38+/m0/s1. The number of ketones is 2. The zero-order chi connectivity index (χ0) is 32.0. The molecular formula is C38H32N2O6. The van der Waals surface area contributed by atoms with E-state index >= 15 is 4.79 Å². The van der Waals surface area contributed by atoms with Gasteiger partial charge in [0.05, 0.1) is 26.2 Å². The Balaban J connectivity index is 1.49. The normalized spacial score (nSPS) is 22.0. The number of fused-ring (bicyclic) bond motifs is 6. The maximum Gasteiger partial charge on any atom is 0.238 e. The molecule has 230 valence electrons. The number of carbonyl (C=O) groups excluding carboxylic acids is 3. The van der Waals surface area contributed by atoms with E-state index in [1.165, 1.54) is 14.2 Å². The number of ether oxygens (including phenoxy) is 3. The van der Waals surface area contributed by atoms with Crippen LogP contribution in [0.3, 0.4) is 0 Å². The van der Waals surface area contributed by atoms with Crippen molar-refractivity contribution in [3.63, 3.8) is 0 Å². The van der Waals surface area contributed by atoms with Crippen molar-refractivity contribution < 1.29 is 28.6 Å². The van der Waals surface area contributed by atoms with Crippen LogP contribution in [0.5, 0.6) is 17.2 Å². The van der Waals surface area contributed by atoms with Gasteiger partial charge in [-0.25, -0.2) is 0 Å². The summed E-state index contributed by atoms with van der Waals surface area (Å²) in [4.78, 5) is 46.6. The molecule has 1 amide bonds. The van der Waals surface area contributed by atoms with Crippen LogP contribution in [-0.2, 0) is 10.2 Å². The zero-order valence-corrected chi connectivity index (χ0v) is 25.4. The molecule has 1 spiro atoms. The molecule has 46 heavy (non-hydrogen) atoms. The minimum atomic E-state index is -1.44. The van der Waals surface area contributed by atoms with Gasteiger partial charge in [0.2, 0.25) is 5.91 Å². The first-order valence-electron chi connectivity index (χ1n) is 15.0.